The second-order valence-corrected chi connectivity index (χ2v) is 11.3. The van der Waals surface area contributed by atoms with Crippen molar-refractivity contribution in [3.63, 3.8) is 0 Å². The Balaban J connectivity index is 1.73. The van der Waals surface area contributed by atoms with Crippen LogP contribution in [-0.4, -0.2) is 26.2 Å². The van der Waals surface area contributed by atoms with Crippen LogP contribution < -0.4 is 0 Å². The monoisotopic (exact) mass is 406 g/mol. The first-order valence-electron chi connectivity index (χ1n) is 10.3. The normalized spacial score (nSPS) is 42.6. The van der Waals surface area contributed by atoms with Gasteiger partial charge in [0.2, 0.25) is 0 Å². The minimum Gasteiger partial charge on any atom is -0.386 e. The van der Waals surface area contributed by atoms with Crippen molar-refractivity contribution < 1.29 is 22.2 Å². The third-order valence-electron chi connectivity index (χ3n) is 8.43. The van der Waals surface area contributed by atoms with E-state index >= 15 is 0 Å². The summed E-state index contributed by atoms with van der Waals surface area (Å²) in [6, 6.07) is 0. The number of hydrogen-bond acceptors (Lipinski definition) is 5. The van der Waals surface area contributed by atoms with Crippen LogP contribution in [0.25, 0.3) is 0 Å². The Labute approximate surface area is 167 Å². The van der Waals surface area contributed by atoms with Crippen LogP contribution in [-0.2, 0) is 23.9 Å². The Morgan fingerprint density at radius 3 is 2.46 bits per heavy atom. The van der Waals surface area contributed by atoms with Crippen molar-refractivity contribution >= 4 is 21.7 Å². The first kappa shape index (κ1) is 19.9. The Bertz CT molecular complexity index is 898. The quantitative estimate of drug-likeness (QED) is 0.666. The first-order valence-corrected chi connectivity index (χ1v) is 12.2. The molecule has 154 valence electrons. The lowest BCUT2D eigenvalue weighted by Crippen LogP contribution is -2.51. The van der Waals surface area contributed by atoms with Crippen LogP contribution in [0.3, 0.4) is 0 Å². The minimum absolute atomic E-state index is 0.0383. The number of rotatable bonds is 3. The number of carbonyl (C=O) groups is 2. The fourth-order valence-electron chi connectivity index (χ4n) is 7.22. The van der Waals surface area contributed by atoms with E-state index in [1.165, 1.54) is 6.08 Å². The van der Waals surface area contributed by atoms with Crippen molar-refractivity contribution in [2.75, 3.05) is 6.26 Å². The van der Waals surface area contributed by atoms with Gasteiger partial charge in [-0.3, -0.25) is 9.59 Å². The van der Waals surface area contributed by atoms with Gasteiger partial charge >= 0.3 is 10.1 Å². The molecule has 0 radical (unpaired) electrons. The van der Waals surface area contributed by atoms with Gasteiger partial charge in [0.05, 0.1) is 11.7 Å². The second kappa shape index (κ2) is 6.28. The van der Waals surface area contributed by atoms with E-state index in [1.54, 1.807) is 13.0 Å². The number of allylic oxidation sites excluding steroid dienone is 3. The molecule has 6 atom stereocenters. The molecule has 0 aromatic carbocycles. The summed E-state index contributed by atoms with van der Waals surface area (Å²) in [4.78, 5) is 24.5. The van der Waals surface area contributed by atoms with E-state index in [9.17, 15) is 18.0 Å². The number of hydrogen-bond donors (Lipinski definition) is 0. The number of Topliss-reactive ketones (excluding diaryl/α,β-unsaturated/α-hetero) is 1. The van der Waals surface area contributed by atoms with Gasteiger partial charge in [-0.25, -0.2) is 0 Å². The molecule has 4 aliphatic rings. The topological polar surface area (TPSA) is 77.5 Å². The summed E-state index contributed by atoms with van der Waals surface area (Å²) in [5.74, 6) is 1.66. The fourth-order valence-corrected chi connectivity index (χ4v) is 7.77. The van der Waals surface area contributed by atoms with Gasteiger partial charge in [0, 0.05) is 12.0 Å². The summed E-state index contributed by atoms with van der Waals surface area (Å²) in [7, 11) is -3.72. The maximum atomic E-state index is 12.3. The molecular weight excluding hydrogens is 376 g/mol. The lowest BCUT2D eigenvalue weighted by molar-refractivity contribution is -0.127. The van der Waals surface area contributed by atoms with Gasteiger partial charge in [-0.15, -0.1) is 0 Å². The molecule has 0 amide bonds. The third kappa shape index (κ3) is 2.82. The lowest BCUT2D eigenvalue weighted by Gasteiger charge is -2.57. The molecule has 0 heterocycles. The molecule has 0 saturated heterocycles. The van der Waals surface area contributed by atoms with E-state index in [4.69, 9.17) is 4.18 Å². The second-order valence-electron chi connectivity index (χ2n) is 9.77. The van der Waals surface area contributed by atoms with Gasteiger partial charge in [0.1, 0.15) is 11.5 Å². The number of fused-ring (bicyclic) bond motifs is 5. The first-order chi connectivity index (χ1) is 13.0. The molecule has 4 aliphatic carbocycles. The Morgan fingerprint density at radius 1 is 1.11 bits per heavy atom. The Morgan fingerprint density at radius 2 is 1.82 bits per heavy atom. The molecule has 0 N–H and O–H groups in total. The summed E-state index contributed by atoms with van der Waals surface area (Å²) in [6.45, 7) is 6.06. The predicted molar refractivity (Wildman–Crippen MR) is 106 cm³/mol. The fraction of sp³-hybridized carbons (Fsp3) is 0.727. The molecule has 3 saturated carbocycles. The largest absolute Gasteiger partial charge is 0.386 e. The van der Waals surface area contributed by atoms with E-state index in [-0.39, 0.29) is 28.8 Å². The molecular formula is C22H30O5S. The van der Waals surface area contributed by atoms with Gasteiger partial charge in [-0.1, -0.05) is 12.5 Å². The predicted octanol–water partition coefficient (Wildman–Crippen LogP) is 3.80. The molecule has 3 fully saturated rings. The van der Waals surface area contributed by atoms with Gasteiger partial charge in [0.15, 0.2) is 5.78 Å². The van der Waals surface area contributed by atoms with E-state index < -0.39 is 15.5 Å². The van der Waals surface area contributed by atoms with Gasteiger partial charge in [0.25, 0.3) is 0 Å². The van der Waals surface area contributed by atoms with Gasteiger partial charge < -0.3 is 4.18 Å². The zero-order valence-electron chi connectivity index (χ0n) is 17.2. The average Bonchev–Trinajstić information content (AvgIpc) is 2.92. The van der Waals surface area contributed by atoms with Crippen LogP contribution >= 0.6 is 0 Å². The molecule has 0 spiro atoms. The highest BCUT2D eigenvalue weighted by Crippen LogP contribution is 2.67. The molecule has 0 aliphatic heterocycles. The maximum absolute atomic E-state index is 12.3. The van der Waals surface area contributed by atoms with E-state index in [0.717, 1.165) is 50.4 Å². The Kier molecular flexibility index (Phi) is 4.46. The summed E-state index contributed by atoms with van der Waals surface area (Å²) < 4.78 is 29.2. The Hall–Kier alpha value is -1.43. The zero-order chi connectivity index (χ0) is 20.5. The van der Waals surface area contributed by atoms with E-state index in [0.29, 0.717) is 17.6 Å². The van der Waals surface area contributed by atoms with Crippen molar-refractivity contribution in [1.29, 1.82) is 0 Å². The molecule has 0 unspecified atom stereocenters. The molecule has 5 nitrogen and oxygen atoms in total. The van der Waals surface area contributed by atoms with E-state index in [2.05, 4.69) is 13.8 Å². The molecule has 0 aromatic heterocycles. The van der Waals surface area contributed by atoms with Crippen molar-refractivity contribution in [3.8, 4) is 0 Å². The third-order valence-corrected chi connectivity index (χ3v) is 8.91. The van der Waals surface area contributed by atoms with E-state index in [1.807, 2.05) is 0 Å². The smallest absolute Gasteiger partial charge is 0.305 e. The number of ketones is 2. The molecule has 4 rings (SSSR count). The van der Waals surface area contributed by atoms with Crippen molar-refractivity contribution in [3.05, 3.63) is 23.5 Å². The van der Waals surface area contributed by atoms with Gasteiger partial charge in [-0.2, -0.15) is 8.42 Å². The van der Waals surface area contributed by atoms with Crippen LogP contribution in [0.5, 0.6) is 0 Å². The molecule has 6 heteroatoms. The zero-order valence-corrected chi connectivity index (χ0v) is 18.0. The maximum Gasteiger partial charge on any atom is 0.305 e. The summed E-state index contributed by atoms with van der Waals surface area (Å²) in [6.07, 6.45) is 9.77. The minimum atomic E-state index is -3.72. The lowest BCUT2D eigenvalue weighted by atomic mass is 9.47. The van der Waals surface area contributed by atoms with Crippen molar-refractivity contribution in [1.82, 2.24) is 0 Å². The van der Waals surface area contributed by atoms with Crippen LogP contribution in [0.2, 0.25) is 0 Å². The molecule has 0 bridgehead atoms. The van der Waals surface area contributed by atoms with Crippen molar-refractivity contribution in [2.24, 2.45) is 34.5 Å². The summed E-state index contributed by atoms with van der Waals surface area (Å²) in [5, 5.41) is 0. The van der Waals surface area contributed by atoms with Crippen LogP contribution in [0.1, 0.15) is 59.3 Å². The molecule has 0 aromatic rings. The summed E-state index contributed by atoms with van der Waals surface area (Å²) >= 11 is 0. The van der Waals surface area contributed by atoms with Crippen LogP contribution in [0, 0.1) is 34.5 Å². The average molecular weight is 407 g/mol. The van der Waals surface area contributed by atoms with Crippen LogP contribution in [0.15, 0.2) is 23.5 Å². The highest BCUT2D eigenvalue weighted by molar-refractivity contribution is 7.86. The molecule has 28 heavy (non-hydrogen) atoms. The summed E-state index contributed by atoms with van der Waals surface area (Å²) in [5.41, 5.74) is 0.483. The van der Waals surface area contributed by atoms with Crippen LogP contribution in [0.4, 0.5) is 0 Å². The standard InChI is InChI=1S/C22H30O5S/c1-13(23)17-7-8-18-16-6-5-14-11-15(24)12-20(27-28(4,25)26)22(14,3)19(16)9-10-21(17,18)2/h11-12,16-19H,5-10H2,1-4H3/t16-,17+,18-,19-,21+,22-/m0/s1. The SMILES string of the molecule is CC(=O)[C@H]1CC[C@H]2[C@@H]3CCC4=CC(=O)C=C(OS(C)(=O)=O)[C@]4(C)[C@H]3CC[C@]12C. The number of carbonyl (C=O) groups excluding carboxylic acids is 2. The highest BCUT2D eigenvalue weighted by Gasteiger charge is 2.61. The van der Waals surface area contributed by atoms with Gasteiger partial charge in [-0.05, 0) is 81.6 Å². The highest BCUT2D eigenvalue weighted by atomic mass is 32.2. The van der Waals surface area contributed by atoms with Crippen molar-refractivity contribution in [2.45, 2.75) is 59.3 Å².